The fraction of sp³-hybridized carbons (Fsp3) is 0.333. The summed E-state index contributed by atoms with van der Waals surface area (Å²) in [5, 5.41) is 8.30. The SMILES string of the molecule is COc1ccc(Cc2nc3c(nnn3C(C)CCCc3ccccc3)c(=O)[nH]2)cc1OC. The fourth-order valence-electron chi connectivity index (χ4n) is 3.82. The quantitative estimate of drug-likeness (QED) is 0.432. The van der Waals surface area contributed by atoms with E-state index in [1.807, 2.05) is 24.3 Å². The summed E-state index contributed by atoms with van der Waals surface area (Å²) in [6.07, 6.45) is 3.36. The van der Waals surface area contributed by atoms with E-state index in [2.05, 4.69) is 51.5 Å². The summed E-state index contributed by atoms with van der Waals surface area (Å²) in [6, 6.07) is 16.1. The Balaban J connectivity index is 1.53. The highest BCUT2D eigenvalue weighted by atomic mass is 16.5. The molecule has 8 nitrogen and oxygen atoms in total. The number of rotatable bonds is 9. The topological polar surface area (TPSA) is 94.9 Å². The highest BCUT2D eigenvalue weighted by Crippen LogP contribution is 2.28. The molecule has 0 radical (unpaired) electrons. The molecule has 4 aromatic rings. The van der Waals surface area contributed by atoms with Crippen molar-refractivity contribution in [3.63, 3.8) is 0 Å². The summed E-state index contributed by atoms with van der Waals surface area (Å²) in [7, 11) is 3.19. The fourth-order valence-corrected chi connectivity index (χ4v) is 3.82. The van der Waals surface area contributed by atoms with Crippen LogP contribution in [-0.4, -0.2) is 39.2 Å². The molecule has 2 aromatic carbocycles. The Labute approximate surface area is 186 Å². The van der Waals surface area contributed by atoms with Gasteiger partial charge in [-0.05, 0) is 49.4 Å². The van der Waals surface area contributed by atoms with Crippen molar-refractivity contribution in [1.82, 2.24) is 25.0 Å². The molecule has 0 spiro atoms. The van der Waals surface area contributed by atoms with E-state index >= 15 is 0 Å². The van der Waals surface area contributed by atoms with Crippen molar-refractivity contribution in [1.29, 1.82) is 0 Å². The molecule has 1 atom stereocenters. The second-order valence-corrected chi connectivity index (χ2v) is 7.81. The zero-order valence-electron chi connectivity index (χ0n) is 18.5. The molecule has 166 valence electrons. The molecule has 0 fully saturated rings. The number of nitrogens with zero attached hydrogens (tertiary/aromatic N) is 4. The van der Waals surface area contributed by atoms with Crippen molar-refractivity contribution in [2.45, 2.75) is 38.6 Å². The normalized spacial score (nSPS) is 12.1. The van der Waals surface area contributed by atoms with Gasteiger partial charge in [0.2, 0.25) is 0 Å². The van der Waals surface area contributed by atoms with Gasteiger partial charge in [0.1, 0.15) is 5.82 Å². The van der Waals surface area contributed by atoms with Crippen molar-refractivity contribution < 1.29 is 9.47 Å². The molecule has 1 N–H and O–H groups in total. The van der Waals surface area contributed by atoms with E-state index in [1.165, 1.54) is 5.56 Å². The number of fused-ring (bicyclic) bond motifs is 1. The van der Waals surface area contributed by atoms with Gasteiger partial charge in [-0.3, -0.25) is 4.79 Å². The molecule has 0 aliphatic carbocycles. The van der Waals surface area contributed by atoms with Crippen LogP contribution in [0.2, 0.25) is 0 Å². The van der Waals surface area contributed by atoms with Gasteiger partial charge in [-0.1, -0.05) is 41.6 Å². The first-order valence-corrected chi connectivity index (χ1v) is 10.7. The Morgan fingerprint density at radius 2 is 1.81 bits per heavy atom. The molecule has 0 saturated carbocycles. The largest absolute Gasteiger partial charge is 0.493 e. The van der Waals surface area contributed by atoms with Crippen LogP contribution in [-0.2, 0) is 12.8 Å². The summed E-state index contributed by atoms with van der Waals surface area (Å²) in [5.41, 5.74) is 2.75. The van der Waals surface area contributed by atoms with Gasteiger partial charge in [-0.2, -0.15) is 0 Å². The average molecular weight is 434 g/mol. The van der Waals surface area contributed by atoms with E-state index in [1.54, 1.807) is 18.9 Å². The lowest BCUT2D eigenvalue weighted by molar-refractivity contribution is 0.354. The number of hydrogen-bond donors (Lipinski definition) is 1. The van der Waals surface area contributed by atoms with Crippen molar-refractivity contribution in [2.75, 3.05) is 14.2 Å². The molecule has 0 amide bonds. The van der Waals surface area contributed by atoms with Crippen LogP contribution in [0.15, 0.2) is 53.3 Å². The molecule has 0 saturated heterocycles. The third kappa shape index (κ3) is 4.64. The Hall–Kier alpha value is -3.68. The number of aromatic amines is 1. The maximum Gasteiger partial charge on any atom is 0.281 e. The lowest BCUT2D eigenvalue weighted by atomic mass is 10.1. The standard InChI is InChI=1S/C24H27N5O3/c1-16(8-7-11-17-9-5-4-6-10-17)29-23-22(27-28-29)24(30)26-21(25-23)15-18-12-13-19(31-2)20(14-18)32-3/h4-6,9-10,12-14,16H,7-8,11,15H2,1-3H3,(H,25,26,30). The molecule has 1 unspecified atom stereocenters. The number of nitrogens with one attached hydrogen (secondary N) is 1. The van der Waals surface area contributed by atoms with Crippen molar-refractivity contribution in [3.8, 4) is 11.5 Å². The number of ether oxygens (including phenoxy) is 2. The zero-order chi connectivity index (χ0) is 22.5. The number of H-pyrrole nitrogens is 1. The highest BCUT2D eigenvalue weighted by Gasteiger charge is 2.17. The number of aromatic nitrogens is 5. The first-order valence-electron chi connectivity index (χ1n) is 10.7. The van der Waals surface area contributed by atoms with Gasteiger partial charge in [0, 0.05) is 6.42 Å². The summed E-state index contributed by atoms with van der Waals surface area (Å²) in [5.74, 6) is 1.83. The zero-order valence-corrected chi connectivity index (χ0v) is 18.5. The minimum absolute atomic E-state index is 0.0759. The van der Waals surface area contributed by atoms with Crippen LogP contribution < -0.4 is 15.0 Å². The first kappa shape index (κ1) is 21.5. The van der Waals surface area contributed by atoms with Gasteiger partial charge >= 0.3 is 0 Å². The second kappa shape index (κ2) is 9.64. The maximum absolute atomic E-state index is 12.6. The van der Waals surface area contributed by atoms with E-state index in [9.17, 15) is 4.79 Å². The molecule has 2 aromatic heterocycles. The van der Waals surface area contributed by atoms with E-state index in [0.29, 0.717) is 29.4 Å². The smallest absolute Gasteiger partial charge is 0.281 e. The third-order valence-electron chi connectivity index (χ3n) is 5.55. The first-order chi connectivity index (χ1) is 15.6. The summed E-state index contributed by atoms with van der Waals surface area (Å²) >= 11 is 0. The van der Waals surface area contributed by atoms with Crippen LogP contribution in [0.4, 0.5) is 0 Å². The molecule has 0 bridgehead atoms. The molecule has 8 heteroatoms. The number of methoxy groups -OCH3 is 2. The van der Waals surface area contributed by atoms with Crippen LogP contribution >= 0.6 is 0 Å². The highest BCUT2D eigenvalue weighted by molar-refractivity contribution is 5.68. The Kier molecular flexibility index (Phi) is 6.49. The second-order valence-electron chi connectivity index (χ2n) is 7.81. The molecule has 0 aliphatic rings. The van der Waals surface area contributed by atoms with E-state index in [-0.39, 0.29) is 17.1 Å². The minimum Gasteiger partial charge on any atom is -0.493 e. The predicted molar refractivity (Wildman–Crippen MR) is 122 cm³/mol. The molecular formula is C24H27N5O3. The van der Waals surface area contributed by atoms with Gasteiger partial charge in [0.15, 0.2) is 22.7 Å². The summed E-state index contributed by atoms with van der Waals surface area (Å²) in [4.78, 5) is 20.1. The average Bonchev–Trinajstić information content (AvgIpc) is 3.24. The monoisotopic (exact) mass is 433 g/mol. The van der Waals surface area contributed by atoms with Gasteiger partial charge in [0.05, 0.1) is 20.3 Å². The number of aryl methyl sites for hydroxylation is 1. The van der Waals surface area contributed by atoms with E-state index < -0.39 is 0 Å². The predicted octanol–water partition coefficient (Wildman–Crippen LogP) is 3.71. The lowest BCUT2D eigenvalue weighted by Crippen LogP contribution is -2.15. The molecule has 0 aliphatic heterocycles. The van der Waals surface area contributed by atoms with E-state index in [4.69, 9.17) is 9.47 Å². The van der Waals surface area contributed by atoms with Crippen LogP contribution in [0.25, 0.3) is 11.2 Å². The van der Waals surface area contributed by atoms with Crippen LogP contribution in [0, 0.1) is 0 Å². The van der Waals surface area contributed by atoms with Gasteiger partial charge in [-0.15, -0.1) is 5.10 Å². The summed E-state index contributed by atoms with van der Waals surface area (Å²) in [6.45, 7) is 2.08. The molecule has 32 heavy (non-hydrogen) atoms. The molecule has 2 heterocycles. The van der Waals surface area contributed by atoms with Crippen LogP contribution in [0.1, 0.15) is 42.8 Å². The maximum atomic E-state index is 12.6. The van der Waals surface area contributed by atoms with Gasteiger partial charge < -0.3 is 14.5 Å². The number of hydrogen-bond acceptors (Lipinski definition) is 6. The van der Waals surface area contributed by atoms with Crippen molar-refractivity contribution in [2.24, 2.45) is 0 Å². The van der Waals surface area contributed by atoms with Crippen molar-refractivity contribution in [3.05, 3.63) is 75.8 Å². The van der Waals surface area contributed by atoms with Crippen LogP contribution in [0.3, 0.4) is 0 Å². The van der Waals surface area contributed by atoms with Gasteiger partial charge in [-0.25, -0.2) is 9.67 Å². The lowest BCUT2D eigenvalue weighted by Gasteiger charge is -2.12. The Bertz CT molecular complexity index is 1250. The third-order valence-corrected chi connectivity index (χ3v) is 5.55. The van der Waals surface area contributed by atoms with E-state index in [0.717, 1.165) is 24.8 Å². The molecule has 4 rings (SSSR count). The Morgan fingerprint density at radius 1 is 1.03 bits per heavy atom. The van der Waals surface area contributed by atoms with Crippen LogP contribution in [0.5, 0.6) is 11.5 Å². The molecular weight excluding hydrogens is 406 g/mol. The summed E-state index contributed by atoms with van der Waals surface area (Å²) < 4.78 is 12.4. The number of benzene rings is 2. The Morgan fingerprint density at radius 3 is 2.56 bits per heavy atom. The van der Waals surface area contributed by atoms with Crippen molar-refractivity contribution >= 4 is 11.2 Å². The minimum atomic E-state index is -0.284. The van der Waals surface area contributed by atoms with Gasteiger partial charge in [0.25, 0.3) is 5.56 Å².